The Labute approximate surface area is 216 Å². The number of nitrogens with zero attached hydrogens (tertiary/aromatic N) is 2. The molecule has 3 aromatic carbocycles. The second kappa shape index (κ2) is 12.8. The number of nitrogens with one attached hydrogen (secondary N) is 2. The summed E-state index contributed by atoms with van der Waals surface area (Å²) in [7, 11) is -3.61. The summed E-state index contributed by atoms with van der Waals surface area (Å²) < 4.78 is 29.4. The van der Waals surface area contributed by atoms with Gasteiger partial charge in [0.2, 0.25) is 10.0 Å². The maximum Gasteiger partial charge on any atom is 0.241 e. The summed E-state index contributed by atoms with van der Waals surface area (Å²) in [6.07, 6.45) is 3.28. The summed E-state index contributed by atoms with van der Waals surface area (Å²) in [5, 5.41) is 4.83. The van der Waals surface area contributed by atoms with Crippen LogP contribution < -0.4 is 14.9 Å². The van der Waals surface area contributed by atoms with Gasteiger partial charge in [0, 0.05) is 66.1 Å². The molecule has 0 aliphatic rings. The molecule has 0 fully saturated rings. The van der Waals surface area contributed by atoms with Crippen LogP contribution in [-0.4, -0.2) is 39.6 Å². The molecule has 0 spiro atoms. The zero-order chi connectivity index (χ0) is 23.8. The smallest absolute Gasteiger partial charge is 0.241 e. The predicted molar refractivity (Wildman–Crippen MR) is 148 cm³/mol. The minimum atomic E-state index is -3.61. The Morgan fingerprint density at radius 2 is 1.63 bits per heavy atom. The van der Waals surface area contributed by atoms with E-state index >= 15 is 0 Å². The monoisotopic (exact) mass is 554 g/mol. The largest absolute Gasteiger partial charge is 0.366 e. The highest BCUT2D eigenvalue weighted by Crippen LogP contribution is 2.22. The number of sulfonamides is 1. The minimum absolute atomic E-state index is 0. The number of halogens is 1. The zero-order valence-electron chi connectivity index (χ0n) is 18.7. The average molecular weight is 556 g/mol. The predicted octanol–water partition coefficient (Wildman–Crippen LogP) is 5.21. The van der Waals surface area contributed by atoms with E-state index in [2.05, 4.69) is 60.1 Å². The van der Waals surface area contributed by atoms with Gasteiger partial charge in [-0.15, -0.1) is 0 Å². The van der Waals surface area contributed by atoms with Crippen LogP contribution in [0, 0.1) is 0 Å². The van der Waals surface area contributed by atoms with E-state index < -0.39 is 10.0 Å². The molecule has 1 heterocycles. The molecular weight excluding hydrogens is 524 g/mol. The van der Waals surface area contributed by atoms with E-state index in [0.717, 1.165) is 35.2 Å². The third kappa shape index (κ3) is 7.35. The molecule has 0 radical (unpaired) electrons. The van der Waals surface area contributed by atoms with Gasteiger partial charge in [0.1, 0.15) is 0 Å². The van der Waals surface area contributed by atoms with Crippen LogP contribution in [0.1, 0.15) is 13.0 Å². The van der Waals surface area contributed by atoms with Crippen LogP contribution in [0.3, 0.4) is 0 Å². The van der Waals surface area contributed by atoms with Gasteiger partial charge in [0.25, 0.3) is 0 Å². The molecule has 8 heteroatoms. The standard InChI is InChI=1S/C26H27BrN4O2S.CH4/c27-23-9-11-24(12-10-23)31(20-21-5-2-1-3-6-21)18-17-28-15-16-30-34(32,33)26-8-4-7-22-19-29-14-13-25(22)26;/h1-14,19,28,30H,15-18,20H2;1H4. The van der Waals surface area contributed by atoms with Crippen LogP contribution in [0.15, 0.2) is 101 Å². The highest BCUT2D eigenvalue weighted by molar-refractivity contribution is 9.10. The first kappa shape index (κ1) is 26.8. The van der Waals surface area contributed by atoms with Crippen molar-refractivity contribution in [3.63, 3.8) is 0 Å². The molecule has 0 bridgehead atoms. The van der Waals surface area contributed by atoms with Crippen molar-refractivity contribution >= 4 is 42.4 Å². The molecule has 0 aliphatic heterocycles. The highest BCUT2D eigenvalue weighted by Gasteiger charge is 2.16. The number of pyridine rings is 1. The summed E-state index contributed by atoms with van der Waals surface area (Å²) in [5.41, 5.74) is 2.38. The number of fused-ring (bicyclic) bond motifs is 1. The molecule has 0 atom stereocenters. The van der Waals surface area contributed by atoms with E-state index in [9.17, 15) is 8.42 Å². The molecule has 6 nitrogen and oxygen atoms in total. The summed E-state index contributed by atoms with van der Waals surface area (Å²) in [6, 6.07) is 25.6. The topological polar surface area (TPSA) is 74.3 Å². The Kier molecular flexibility index (Phi) is 9.80. The molecule has 0 saturated carbocycles. The van der Waals surface area contributed by atoms with E-state index in [-0.39, 0.29) is 12.3 Å². The van der Waals surface area contributed by atoms with Gasteiger partial charge in [-0.1, -0.05) is 65.8 Å². The average Bonchev–Trinajstić information content (AvgIpc) is 2.86. The van der Waals surface area contributed by atoms with Crippen molar-refractivity contribution in [3.8, 4) is 0 Å². The van der Waals surface area contributed by atoms with Gasteiger partial charge in [0.15, 0.2) is 0 Å². The molecule has 0 amide bonds. The first-order valence-corrected chi connectivity index (χ1v) is 13.4. The Balaban J connectivity index is 0.00000342. The fourth-order valence-electron chi connectivity index (χ4n) is 3.77. The number of hydrogen-bond donors (Lipinski definition) is 2. The highest BCUT2D eigenvalue weighted by atomic mass is 79.9. The lowest BCUT2D eigenvalue weighted by Gasteiger charge is -2.25. The maximum absolute atomic E-state index is 12.8. The number of benzene rings is 3. The van der Waals surface area contributed by atoms with E-state index in [4.69, 9.17) is 0 Å². The third-order valence-corrected chi connectivity index (χ3v) is 7.54. The lowest BCUT2D eigenvalue weighted by molar-refractivity contribution is 0.576. The maximum atomic E-state index is 12.8. The van der Waals surface area contributed by atoms with Crippen molar-refractivity contribution in [1.82, 2.24) is 15.0 Å². The molecule has 1 aromatic heterocycles. The molecule has 2 N–H and O–H groups in total. The SMILES string of the molecule is C.O=S(=O)(NCCNCCN(Cc1ccccc1)c1ccc(Br)cc1)c1cccc2cnccc12. The van der Waals surface area contributed by atoms with Crippen LogP contribution in [0.2, 0.25) is 0 Å². The second-order valence-electron chi connectivity index (χ2n) is 7.88. The van der Waals surface area contributed by atoms with Crippen molar-refractivity contribution in [2.45, 2.75) is 18.9 Å². The lowest BCUT2D eigenvalue weighted by Crippen LogP contribution is -2.36. The Hall–Kier alpha value is -2.78. The summed E-state index contributed by atoms with van der Waals surface area (Å²) in [4.78, 5) is 6.65. The quantitative estimate of drug-likeness (QED) is 0.249. The Bertz CT molecular complexity index is 1310. The fourth-order valence-corrected chi connectivity index (χ4v) is 5.30. The van der Waals surface area contributed by atoms with Gasteiger partial charge in [-0.05, 0) is 42.0 Å². The van der Waals surface area contributed by atoms with Crippen molar-refractivity contribution in [1.29, 1.82) is 0 Å². The van der Waals surface area contributed by atoms with Crippen LogP contribution in [0.4, 0.5) is 5.69 Å². The first-order valence-electron chi connectivity index (χ1n) is 11.1. The first-order chi connectivity index (χ1) is 16.5. The zero-order valence-corrected chi connectivity index (χ0v) is 21.1. The molecule has 4 rings (SSSR count). The van der Waals surface area contributed by atoms with Crippen LogP contribution >= 0.6 is 15.9 Å². The summed E-state index contributed by atoms with van der Waals surface area (Å²) >= 11 is 3.50. The van der Waals surface area contributed by atoms with Gasteiger partial charge >= 0.3 is 0 Å². The summed E-state index contributed by atoms with van der Waals surface area (Å²) in [6.45, 7) is 3.16. The Morgan fingerprint density at radius 1 is 0.857 bits per heavy atom. The van der Waals surface area contributed by atoms with Crippen molar-refractivity contribution in [2.24, 2.45) is 0 Å². The number of hydrogen-bond acceptors (Lipinski definition) is 5. The minimum Gasteiger partial charge on any atom is -0.366 e. The second-order valence-corrected chi connectivity index (χ2v) is 10.5. The van der Waals surface area contributed by atoms with E-state index in [1.165, 1.54) is 5.56 Å². The van der Waals surface area contributed by atoms with Gasteiger partial charge in [-0.3, -0.25) is 4.98 Å². The number of aromatic nitrogens is 1. The normalized spacial score (nSPS) is 11.2. The van der Waals surface area contributed by atoms with Crippen molar-refractivity contribution in [3.05, 3.63) is 101 Å². The van der Waals surface area contributed by atoms with Crippen molar-refractivity contribution < 1.29 is 8.42 Å². The molecule has 0 unspecified atom stereocenters. The molecule has 35 heavy (non-hydrogen) atoms. The van der Waals surface area contributed by atoms with Gasteiger partial charge in [0.05, 0.1) is 4.90 Å². The molecule has 0 aliphatic carbocycles. The molecule has 0 saturated heterocycles. The molecule has 184 valence electrons. The van der Waals surface area contributed by atoms with Crippen molar-refractivity contribution in [2.75, 3.05) is 31.1 Å². The number of anilines is 1. The van der Waals surface area contributed by atoms with Crippen LogP contribution in [-0.2, 0) is 16.6 Å². The van der Waals surface area contributed by atoms with Crippen LogP contribution in [0.5, 0.6) is 0 Å². The third-order valence-electron chi connectivity index (χ3n) is 5.49. The van der Waals surface area contributed by atoms with Gasteiger partial charge in [-0.2, -0.15) is 0 Å². The molecule has 4 aromatic rings. The molecular formula is C27H31BrN4O2S. The van der Waals surface area contributed by atoms with E-state index in [1.807, 2.05) is 36.4 Å². The fraction of sp³-hybridized carbons (Fsp3) is 0.222. The Morgan fingerprint density at radius 3 is 2.40 bits per heavy atom. The van der Waals surface area contributed by atoms with Gasteiger partial charge < -0.3 is 10.2 Å². The lowest BCUT2D eigenvalue weighted by atomic mass is 10.2. The van der Waals surface area contributed by atoms with E-state index in [0.29, 0.717) is 18.5 Å². The summed E-state index contributed by atoms with van der Waals surface area (Å²) in [5.74, 6) is 0. The van der Waals surface area contributed by atoms with Crippen LogP contribution in [0.25, 0.3) is 10.8 Å². The number of rotatable bonds is 11. The van der Waals surface area contributed by atoms with E-state index in [1.54, 1.807) is 30.6 Å². The van der Waals surface area contributed by atoms with Gasteiger partial charge in [-0.25, -0.2) is 13.1 Å².